The van der Waals surface area contributed by atoms with Gasteiger partial charge in [0.2, 0.25) is 0 Å². The van der Waals surface area contributed by atoms with Gasteiger partial charge in [-0.1, -0.05) is 0 Å². The Morgan fingerprint density at radius 2 is 2.33 bits per heavy atom. The van der Waals surface area contributed by atoms with Crippen LogP contribution in [0.1, 0.15) is 28.9 Å². The molecule has 0 aliphatic heterocycles. The van der Waals surface area contributed by atoms with Crippen molar-refractivity contribution in [2.24, 2.45) is 5.73 Å². The van der Waals surface area contributed by atoms with Crippen molar-refractivity contribution in [3.05, 3.63) is 21.9 Å². The average molecular weight is 185 g/mol. The molecule has 0 aliphatic rings. The smallest absolute Gasteiger partial charge is 0.339 e. The largest absolute Gasteiger partial charge is 0.465 e. The Balaban J connectivity index is 2.99. The lowest BCUT2D eigenvalue weighted by Gasteiger charge is -2.04. The van der Waals surface area contributed by atoms with Crippen molar-refractivity contribution in [1.82, 2.24) is 0 Å². The fourth-order valence-electron chi connectivity index (χ4n) is 0.935. The van der Waals surface area contributed by atoms with E-state index < -0.39 is 0 Å². The summed E-state index contributed by atoms with van der Waals surface area (Å²) in [4.78, 5) is 11.1. The number of esters is 1. The number of hydrogen-bond acceptors (Lipinski definition) is 4. The molecule has 12 heavy (non-hydrogen) atoms. The van der Waals surface area contributed by atoms with Crippen LogP contribution in [0.25, 0.3) is 0 Å². The summed E-state index contributed by atoms with van der Waals surface area (Å²) in [6.07, 6.45) is 0. The van der Waals surface area contributed by atoms with Crippen LogP contribution in [0.5, 0.6) is 0 Å². The lowest BCUT2D eigenvalue weighted by atomic mass is 10.1. The van der Waals surface area contributed by atoms with Gasteiger partial charge in [0.15, 0.2) is 0 Å². The maximum atomic E-state index is 11.1. The minimum absolute atomic E-state index is 0.120. The molecule has 0 saturated heterocycles. The van der Waals surface area contributed by atoms with Crippen molar-refractivity contribution in [2.75, 3.05) is 7.11 Å². The zero-order valence-corrected chi connectivity index (χ0v) is 7.85. The first-order valence-corrected chi connectivity index (χ1v) is 4.51. The van der Waals surface area contributed by atoms with Crippen LogP contribution in [0, 0.1) is 0 Å². The molecule has 66 valence electrons. The second-order valence-corrected chi connectivity index (χ2v) is 3.26. The summed E-state index contributed by atoms with van der Waals surface area (Å²) in [5.74, 6) is -0.316. The van der Waals surface area contributed by atoms with Gasteiger partial charge in [-0.3, -0.25) is 0 Å². The highest BCUT2D eigenvalue weighted by Gasteiger charge is 2.14. The molecule has 0 amide bonds. The summed E-state index contributed by atoms with van der Waals surface area (Å²) < 4.78 is 4.60. The van der Waals surface area contributed by atoms with Crippen LogP contribution in [0.2, 0.25) is 0 Å². The summed E-state index contributed by atoms with van der Waals surface area (Å²) >= 11 is 1.46. The molecule has 2 N–H and O–H groups in total. The molecule has 1 atom stereocenters. The van der Waals surface area contributed by atoms with E-state index >= 15 is 0 Å². The number of thiophene rings is 1. The predicted octanol–water partition coefficient (Wildman–Crippen LogP) is 1.55. The van der Waals surface area contributed by atoms with Crippen molar-refractivity contribution in [2.45, 2.75) is 13.0 Å². The average Bonchev–Trinajstić information content (AvgIpc) is 2.50. The van der Waals surface area contributed by atoms with E-state index in [1.807, 2.05) is 12.3 Å². The van der Waals surface area contributed by atoms with Gasteiger partial charge < -0.3 is 10.5 Å². The van der Waals surface area contributed by atoms with Gasteiger partial charge in [0, 0.05) is 11.4 Å². The fraction of sp³-hybridized carbons (Fsp3) is 0.375. The van der Waals surface area contributed by atoms with E-state index in [0.29, 0.717) is 5.56 Å². The van der Waals surface area contributed by atoms with Crippen molar-refractivity contribution >= 4 is 17.3 Å². The first kappa shape index (κ1) is 9.22. The van der Waals surface area contributed by atoms with Gasteiger partial charge in [0.05, 0.1) is 12.7 Å². The molecule has 0 unspecified atom stereocenters. The molecular weight excluding hydrogens is 174 g/mol. The monoisotopic (exact) mass is 185 g/mol. The van der Waals surface area contributed by atoms with E-state index in [-0.39, 0.29) is 12.0 Å². The maximum absolute atomic E-state index is 11.1. The molecule has 1 aromatic heterocycles. The normalized spacial score (nSPS) is 12.6. The summed E-state index contributed by atoms with van der Waals surface area (Å²) in [6, 6.07) is -0.120. The van der Waals surface area contributed by atoms with Gasteiger partial charge in [-0.15, -0.1) is 0 Å². The molecule has 0 aliphatic carbocycles. The summed E-state index contributed by atoms with van der Waals surface area (Å²) in [6.45, 7) is 1.84. The second-order valence-electron chi connectivity index (χ2n) is 2.52. The number of carbonyl (C=O) groups excluding carboxylic acids is 1. The Morgan fingerprint density at radius 3 is 2.83 bits per heavy atom. The van der Waals surface area contributed by atoms with Crippen LogP contribution in [0.4, 0.5) is 0 Å². The van der Waals surface area contributed by atoms with Gasteiger partial charge in [-0.25, -0.2) is 4.79 Å². The molecule has 0 bridgehead atoms. The molecule has 0 radical (unpaired) electrons. The van der Waals surface area contributed by atoms with E-state index in [1.54, 1.807) is 5.38 Å². The third-order valence-electron chi connectivity index (χ3n) is 1.59. The lowest BCUT2D eigenvalue weighted by Crippen LogP contribution is -2.10. The van der Waals surface area contributed by atoms with Gasteiger partial charge in [0.25, 0.3) is 0 Å². The highest BCUT2D eigenvalue weighted by Crippen LogP contribution is 2.21. The van der Waals surface area contributed by atoms with Crippen LogP contribution in [0.15, 0.2) is 10.8 Å². The summed E-state index contributed by atoms with van der Waals surface area (Å²) in [7, 11) is 1.37. The fourth-order valence-corrected chi connectivity index (χ4v) is 1.86. The van der Waals surface area contributed by atoms with Gasteiger partial charge in [0.1, 0.15) is 0 Å². The van der Waals surface area contributed by atoms with E-state index in [2.05, 4.69) is 4.74 Å². The second kappa shape index (κ2) is 3.69. The summed E-state index contributed by atoms with van der Waals surface area (Å²) in [5, 5.41) is 3.63. The molecule has 3 nitrogen and oxygen atoms in total. The molecule has 4 heteroatoms. The number of hydrogen-bond donors (Lipinski definition) is 1. The lowest BCUT2D eigenvalue weighted by molar-refractivity contribution is 0.0599. The topological polar surface area (TPSA) is 52.3 Å². The molecular formula is C8H11NO2S. The minimum Gasteiger partial charge on any atom is -0.465 e. The van der Waals surface area contributed by atoms with Crippen molar-refractivity contribution < 1.29 is 9.53 Å². The van der Waals surface area contributed by atoms with Crippen molar-refractivity contribution in [3.8, 4) is 0 Å². The number of methoxy groups -OCH3 is 1. The van der Waals surface area contributed by atoms with Crippen LogP contribution >= 0.6 is 11.3 Å². The molecule has 0 saturated carbocycles. The Morgan fingerprint density at radius 1 is 1.67 bits per heavy atom. The third-order valence-corrected chi connectivity index (χ3v) is 2.35. The summed E-state index contributed by atoms with van der Waals surface area (Å²) in [5.41, 5.74) is 7.08. The van der Waals surface area contributed by atoms with Gasteiger partial charge in [-0.05, 0) is 17.9 Å². The van der Waals surface area contributed by atoms with Crippen LogP contribution in [0.3, 0.4) is 0 Å². The molecule has 0 spiro atoms. The van der Waals surface area contributed by atoms with E-state index in [4.69, 9.17) is 5.73 Å². The number of rotatable bonds is 2. The SMILES string of the molecule is COC(=O)c1cscc1[C@@H](C)N. The molecule has 1 rings (SSSR count). The Hall–Kier alpha value is -0.870. The predicted molar refractivity (Wildman–Crippen MR) is 48.3 cm³/mol. The van der Waals surface area contributed by atoms with E-state index in [9.17, 15) is 4.79 Å². The van der Waals surface area contributed by atoms with E-state index in [1.165, 1.54) is 18.4 Å². The molecule has 0 fully saturated rings. The third kappa shape index (κ3) is 1.65. The zero-order valence-electron chi connectivity index (χ0n) is 7.03. The van der Waals surface area contributed by atoms with Crippen LogP contribution in [-0.4, -0.2) is 13.1 Å². The molecule has 1 aromatic rings. The quantitative estimate of drug-likeness (QED) is 0.711. The Labute approximate surface area is 75.1 Å². The number of ether oxygens (including phenoxy) is 1. The van der Waals surface area contributed by atoms with Gasteiger partial charge >= 0.3 is 5.97 Å². The Bertz CT molecular complexity index is 280. The molecule has 0 aromatic carbocycles. The van der Waals surface area contributed by atoms with Crippen molar-refractivity contribution in [3.63, 3.8) is 0 Å². The number of nitrogens with two attached hydrogens (primary N) is 1. The first-order valence-electron chi connectivity index (χ1n) is 3.56. The molecule has 1 heterocycles. The standard InChI is InChI=1S/C8H11NO2S/c1-5(9)6-3-12-4-7(6)8(10)11-2/h3-5H,9H2,1-2H3/t5-/m1/s1. The highest BCUT2D eigenvalue weighted by molar-refractivity contribution is 7.08. The Kier molecular flexibility index (Phi) is 2.83. The van der Waals surface area contributed by atoms with Crippen LogP contribution in [-0.2, 0) is 4.74 Å². The first-order chi connectivity index (χ1) is 5.66. The van der Waals surface area contributed by atoms with Gasteiger partial charge in [-0.2, -0.15) is 11.3 Å². The number of carbonyl (C=O) groups is 1. The van der Waals surface area contributed by atoms with Crippen molar-refractivity contribution in [1.29, 1.82) is 0 Å². The highest BCUT2D eigenvalue weighted by atomic mass is 32.1. The van der Waals surface area contributed by atoms with E-state index in [0.717, 1.165) is 5.56 Å². The maximum Gasteiger partial charge on any atom is 0.339 e. The minimum atomic E-state index is -0.316. The van der Waals surface area contributed by atoms with Crippen LogP contribution < -0.4 is 5.73 Å². The zero-order chi connectivity index (χ0) is 9.14.